The summed E-state index contributed by atoms with van der Waals surface area (Å²) < 4.78 is 10.6. The van der Waals surface area contributed by atoms with Crippen molar-refractivity contribution in [3.8, 4) is 11.5 Å². The maximum atomic E-state index is 12.5. The fourth-order valence-corrected chi connectivity index (χ4v) is 3.27. The number of hydrogen-bond donors (Lipinski definition) is 1. The summed E-state index contributed by atoms with van der Waals surface area (Å²) in [5, 5.41) is 3.29. The molecule has 1 N–H and O–H groups in total. The summed E-state index contributed by atoms with van der Waals surface area (Å²) in [5.74, 6) is 1.89. The van der Waals surface area contributed by atoms with Crippen LogP contribution < -0.4 is 19.7 Å². The lowest BCUT2D eigenvalue weighted by Crippen LogP contribution is -2.49. The van der Waals surface area contributed by atoms with E-state index >= 15 is 0 Å². The molecule has 0 saturated carbocycles. The summed E-state index contributed by atoms with van der Waals surface area (Å²) in [6.07, 6.45) is 0.487. The lowest BCUT2D eigenvalue weighted by atomic mass is 10.2. The molecule has 0 spiro atoms. The van der Waals surface area contributed by atoms with E-state index in [-0.39, 0.29) is 5.91 Å². The average molecular weight is 369 g/mol. The first-order valence-electron chi connectivity index (χ1n) is 9.25. The molecule has 0 aliphatic carbocycles. The first-order chi connectivity index (χ1) is 13.2. The van der Waals surface area contributed by atoms with Gasteiger partial charge in [-0.3, -0.25) is 4.79 Å². The van der Waals surface area contributed by atoms with Crippen molar-refractivity contribution in [2.75, 3.05) is 57.2 Å². The van der Waals surface area contributed by atoms with Crippen LogP contribution in [0.25, 0.3) is 0 Å². The molecule has 2 aromatic carbocycles. The number of rotatable bonds is 7. The van der Waals surface area contributed by atoms with Crippen LogP contribution in [0.3, 0.4) is 0 Å². The van der Waals surface area contributed by atoms with Crippen molar-refractivity contribution in [3.05, 3.63) is 48.5 Å². The number of nitrogens with zero attached hydrogens (tertiary/aromatic N) is 2. The van der Waals surface area contributed by atoms with Gasteiger partial charge >= 0.3 is 0 Å². The number of anilines is 2. The standard InChI is InChI=1S/C21H27N3O3/c1-26-18-9-7-17(8-10-18)22-12-11-21(25)24-15-13-23(14-16-24)19-5-3-4-6-20(19)27-2/h3-10,22H,11-16H2,1-2H3. The van der Waals surface area contributed by atoms with E-state index in [1.54, 1.807) is 14.2 Å². The molecule has 6 heteroatoms. The molecule has 1 heterocycles. The van der Waals surface area contributed by atoms with E-state index < -0.39 is 0 Å². The van der Waals surface area contributed by atoms with Gasteiger partial charge in [0, 0.05) is 44.8 Å². The monoisotopic (exact) mass is 369 g/mol. The lowest BCUT2D eigenvalue weighted by Gasteiger charge is -2.36. The Kier molecular flexibility index (Phi) is 6.41. The fraction of sp³-hybridized carbons (Fsp3) is 0.381. The van der Waals surface area contributed by atoms with E-state index in [1.165, 1.54) is 0 Å². The van der Waals surface area contributed by atoms with Crippen molar-refractivity contribution in [2.24, 2.45) is 0 Å². The Morgan fingerprint density at radius 1 is 0.963 bits per heavy atom. The predicted molar refractivity (Wildman–Crippen MR) is 108 cm³/mol. The number of carbonyl (C=O) groups is 1. The lowest BCUT2D eigenvalue weighted by molar-refractivity contribution is -0.131. The smallest absolute Gasteiger partial charge is 0.224 e. The normalized spacial score (nSPS) is 14.0. The van der Waals surface area contributed by atoms with Crippen LogP contribution in [0, 0.1) is 0 Å². The largest absolute Gasteiger partial charge is 0.497 e. The van der Waals surface area contributed by atoms with Crippen molar-refractivity contribution in [2.45, 2.75) is 6.42 Å². The van der Waals surface area contributed by atoms with Gasteiger partial charge in [0.15, 0.2) is 0 Å². The molecule has 2 aromatic rings. The fourth-order valence-electron chi connectivity index (χ4n) is 3.27. The number of hydrogen-bond acceptors (Lipinski definition) is 5. The molecule has 0 unspecified atom stereocenters. The molecule has 0 atom stereocenters. The summed E-state index contributed by atoms with van der Waals surface area (Å²) in [6.45, 7) is 3.73. The molecule has 1 aliphatic heterocycles. The number of methoxy groups -OCH3 is 2. The van der Waals surface area contributed by atoms with Crippen molar-refractivity contribution in [3.63, 3.8) is 0 Å². The third-order valence-corrected chi connectivity index (χ3v) is 4.82. The van der Waals surface area contributed by atoms with Crippen LogP contribution in [0.1, 0.15) is 6.42 Å². The Labute approximate surface area is 160 Å². The summed E-state index contributed by atoms with van der Waals surface area (Å²) in [5.41, 5.74) is 2.08. The van der Waals surface area contributed by atoms with Gasteiger partial charge in [0.2, 0.25) is 5.91 Å². The molecule has 1 aliphatic rings. The van der Waals surface area contributed by atoms with Crippen LogP contribution in [-0.2, 0) is 4.79 Å². The van der Waals surface area contributed by atoms with Crippen LogP contribution in [0.2, 0.25) is 0 Å². The average Bonchev–Trinajstić information content (AvgIpc) is 2.74. The van der Waals surface area contributed by atoms with Gasteiger partial charge in [-0.25, -0.2) is 0 Å². The minimum Gasteiger partial charge on any atom is -0.497 e. The minimum absolute atomic E-state index is 0.190. The second-order valence-electron chi connectivity index (χ2n) is 6.44. The number of nitrogens with one attached hydrogen (secondary N) is 1. The van der Waals surface area contributed by atoms with Gasteiger partial charge in [0.05, 0.1) is 19.9 Å². The van der Waals surface area contributed by atoms with Gasteiger partial charge in [0.1, 0.15) is 11.5 Å². The Morgan fingerprint density at radius 3 is 2.33 bits per heavy atom. The first-order valence-corrected chi connectivity index (χ1v) is 9.25. The van der Waals surface area contributed by atoms with E-state index in [4.69, 9.17) is 9.47 Å². The molecular formula is C21H27N3O3. The molecule has 1 saturated heterocycles. The summed E-state index contributed by atoms with van der Waals surface area (Å²) in [7, 11) is 3.34. The SMILES string of the molecule is COc1ccc(NCCC(=O)N2CCN(c3ccccc3OC)CC2)cc1. The maximum absolute atomic E-state index is 12.5. The third kappa shape index (κ3) is 4.84. The van der Waals surface area contributed by atoms with E-state index in [1.807, 2.05) is 47.4 Å². The molecule has 0 aromatic heterocycles. The highest BCUT2D eigenvalue weighted by molar-refractivity contribution is 5.77. The van der Waals surface area contributed by atoms with Gasteiger partial charge in [-0.15, -0.1) is 0 Å². The molecule has 27 heavy (non-hydrogen) atoms. The zero-order chi connectivity index (χ0) is 19.1. The van der Waals surface area contributed by atoms with E-state index in [2.05, 4.69) is 16.3 Å². The van der Waals surface area contributed by atoms with Crippen LogP contribution in [-0.4, -0.2) is 57.8 Å². The Hall–Kier alpha value is -2.89. The van der Waals surface area contributed by atoms with Crippen molar-refractivity contribution in [1.29, 1.82) is 0 Å². The number of ether oxygens (including phenoxy) is 2. The minimum atomic E-state index is 0.190. The van der Waals surface area contributed by atoms with Crippen molar-refractivity contribution < 1.29 is 14.3 Å². The zero-order valence-corrected chi connectivity index (χ0v) is 16.0. The Balaban J connectivity index is 1.44. The summed E-state index contributed by atoms with van der Waals surface area (Å²) in [6, 6.07) is 15.7. The number of benzene rings is 2. The highest BCUT2D eigenvalue weighted by Crippen LogP contribution is 2.28. The molecule has 1 fully saturated rings. The summed E-state index contributed by atoms with van der Waals surface area (Å²) >= 11 is 0. The van der Waals surface area contributed by atoms with Crippen LogP contribution in [0.5, 0.6) is 11.5 Å². The highest BCUT2D eigenvalue weighted by atomic mass is 16.5. The van der Waals surface area contributed by atoms with Gasteiger partial charge in [-0.1, -0.05) is 12.1 Å². The van der Waals surface area contributed by atoms with Gasteiger partial charge < -0.3 is 24.6 Å². The molecule has 0 bridgehead atoms. The third-order valence-electron chi connectivity index (χ3n) is 4.82. The molecule has 1 amide bonds. The Morgan fingerprint density at radius 2 is 1.67 bits per heavy atom. The molecule has 0 radical (unpaired) electrons. The van der Waals surface area contributed by atoms with E-state index in [0.29, 0.717) is 13.0 Å². The Bertz CT molecular complexity index is 741. The van der Waals surface area contributed by atoms with E-state index in [9.17, 15) is 4.79 Å². The van der Waals surface area contributed by atoms with Crippen LogP contribution in [0.4, 0.5) is 11.4 Å². The number of piperazine rings is 1. The number of carbonyl (C=O) groups excluding carboxylic acids is 1. The predicted octanol–water partition coefficient (Wildman–Crippen LogP) is 2.85. The topological polar surface area (TPSA) is 54.0 Å². The van der Waals surface area contributed by atoms with Crippen molar-refractivity contribution >= 4 is 17.3 Å². The highest BCUT2D eigenvalue weighted by Gasteiger charge is 2.22. The molecule has 144 valence electrons. The molecule has 3 rings (SSSR count). The summed E-state index contributed by atoms with van der Waals surface area (Å²) in [4.78, 5) is 16.7. The first kappa shape index (κ1) is 18.9. The maximum Gasteiger partial charge on any atom is 0.224 e. The van der Waals surface area contributed by atoms with Gasteiger partial charge in [-0.2, -0.15) is 0 Å². The quantitative estimate of drug-likeness (QED) is 0.813. The molecule has 6 nitrogen and oxygen atoms in total. The number of amides is 1. The zero-order valence-electron chi connectivity index (χ0n) is 16.0. The van der Waals surface area contributed by atoms with Crippen LogP contribution >= 0.6 is 0 Å². The van der Waals surface area contributed by atoms with Gasteiger partial charge in [-0.05, 0) is 36.4 Å². The number of para-hydroxylation sites is 2. The van der Waals surface area contributed by atoms with E-state index in [0.717, 1.165) is 49.1 Å². The van der Waals surface area contributed by atoms with Crippen molar-refractivity contribution in [1.82, 2.24) is 4.90 Å². The molecular weight excluding hydrogens is 342 g/mol. The van der Waals surface area contributed by atoms with Crippen LogP contribution in [0.15, 0.2) is 48.5 Å². The van der Waals surface area contributed by atoms with Gasteiger partial charge in [0.25, 0.3) is 0 Å². The second kappa shape index (κ2) is 9.16. The second-order valence-corrected chi connectivity index (χ2v) is 6.44.